The van der Waals surface area contributed by atoms with Gasteiger partial charge in [-0.2, -0.15) is 10.4 Å². The van der Waals surface area contributed by atoms with E-state index in [9.17, 15) is 10.1 Å². The van der Waals surface area contributed by atoms with Gasteiger partial charge in [0.15, 0.2) is 0 Å². The van der Waals surface area contributed by atoms with Crippen LogP contribution in [0.15, 0.2) is 18.9 Å². The van der Waals surface area contributed by atoms with Crippen LogP contribution < -0.4 is 0 Å². The van der Waals surface area contributed by atoms with Crippen LogP contribution >= 0.6 is 0 Å². The molecule has 0 bridgehead atoms. The molecule has 1 atom stereocenters. The van der Waals surface area contributed by atoms with E-state index < -0.39 is 0 Å². The predicted octanol–water partition coefficient (Wildman–Crippen LogP) is 2.40. The second-order valence-electron chi connectivity index (χ2n) is 6.34. The zero-order chi connectivity index (χ0) is 17.5. The monoisotopic (exact) mass is 330 g/mol. The summed E-state index contributed by atoms with van der Waals surface area (Å²) in [5.41, 5.74) is 1.22. The maximum atomic E-state index is 12.3. The Labute approximate surface area is 143 Å². The number of hydrogen-bond acceptors (Lipinski definition) is 4. The summed E-state index contributed by atoms with van der Waals surface area (Å²) in [6.45, 7) is 4.43. The molecule has 1 aromatic heterocycles. The van der Waals surface area contributed by atoms with Crippen molar-refractivity contribution in [3.63, 3.8) is 0 Å². The summed E-state index contributed by atoms with van der Waals surface area (Å²) in [5.74, 6) is 0.323. The number of carbonyl (C=O) groups is 1. The summed E-state index contributed by atoms with van der Waals surface area (Å²) in [5, 5.41) is 13.3. The minimum atomic E-state index is -0.155. The molecular weight excluding hydrogens is 304 g/mol. The first kappa shape index (κ1) is 18.2. The molecule has 1 fully saturated rings. The number of ether oxygens (including phenoxy) is 1. The summed E-state index contributed by atoms with van der Waals surface area (Å²) in [7, 11) is 3.49. The lowest BCUT2D eigenvalue weighted by molar-refractivity contribution is -0.129. The maximum Gasteiger partial charge on any atom is 0.246 e. The molecule has 1 aromatic rings. The van der Waals surface area contributed by atoms with E-state index >= 15 is 0 Å². The molecule has 6 heteroatoms. The highest BCUT2D eigenvalue weighted by Gasteiger charge is 2.27. The zero-order valence-corrected chi connectivity index (χ0v) is 14.6. The van der Waals surface area contributed by atoms with Crippen LogP contribution in [0.5, 0.6) is 0 Å². The lowest BCUT2D eigenvalue weighted by atomic mass is 9.85. The first-order valence-electron chi connectivity index (χ1n) is 8.45. The van der Waals surface area contributed by atoms with E-state index in [1.54, 1.807) is 23.7 Å². The van der Waals surface area contributed by atoms with E-state index in [-0.39, 0.29) is 12.0 Å². The molecule has 0 aliphatic heterocycles. The second-order valence-corrected chi connectivity index (χ2v) is 6.34. The summed E-state index contributed by atoms with van der Waals surface area (Å²) in [4.78, 5) is 14.0. The number of carbonyl (C=O) groups excluding carboxylic acids is 1. The van der Waals surface area contributed by atoms with Gasteiger partial charge in [-0.05, 0) is 24.8 Å². The molecule has 1 aliphatic rings. The summed E-state index contributed by atoms with van der Waals surface area (Å²) in [6.07, 6.45) is 8.86. The molecule has 1 heterocycles. The number of nitriles is 1. The Morgan fingerprint density at radius 1 is 1.58 bits per heavy atom. The minimum absolute atomic E-state index is 0.00737. The molecule has 24 heavy (non-hydrogen) atoms. The van der Waals surface area contributed by atoms with Gasteiger partial charge in [0, 0.05) is 20.7 Å². The average Bonchev–Trinajstić information content (AvgIpc) is 2.98. The van der Waals surface area contributed by atoms with Gasteiger partial charge in [0.05, 0.1) is 30.1 Å². The highest BCUT2D eigenvalue weighted by Crippen LogP contribution is 2.28. The molecule has 1 saturated carbocycles. The van der Waals surface area contributed by atoms with E-state index in [0.717, 1.165) is 18.5 Å². The number of aryl methyl sites for hydroxylation is 1. The van der Waals surface area contributed by atoms with Gasteiger partial charge < -0.3 is 9.64 Å². The van der Waals surface area contributed by atoms with Gasteiger partial charge in [0.2, 0.25) is 5.91 Å². The molecular formula is C18H26N4O2. The Morgan fingerprint density at radius 3 is 2.88 bits per heavy atom. The molecule has 0 saturated heterocycles. The molecule has 0 spiro atoms. The molecule has 0 aromatic carbocycles. The van der Waals surface area contributed by atoms with Crippen molar-refractivity contribution < 1.29 is 9.53 Å². The third-order valence-corrected chi connectivity index (χ3v) is 4.89. The van der Waals surface area contributed by atoms with Crippen molar-refractivity contribution in [1.29, 1.82) is 5.26 Å². The lowest BCUT2D eigenvalue weighted by Gasteiger charge is -2.33. The van der Waals surface area contributed by atoms with Crippen LogP contribution in [-0.4, -0.2) is 40.3 Å². The van der Waals surface area contributed by atoms with Gasteiger partial charge in [0.1, 0.15) is 6.07 Å². The maximum absolute atomic E-state index is 12.3. The van der Waals surface area contributed by atoms with Gasteiger partial charge in [-0.3, -0.25) is 9.48 Å². The summed E-state index contributed by atoms with van der Waals surface area (Å²) in [6, 6.07) is 2.13. The predicted molar refractivity (Wildman–Crippen MR) is 90.9 cm³/mol. The Hall–Kier alpha value is -2.13. The first-order chi connectivity index (χ1) is 11.6. The molecule has 6 nitrogen and oxygen atoms in total. The van der Waals surface area contributed by atoms with Gasteiger partial charge >= 0.3 is 0 Å². The Kier molecular flexibility index (Phi) is 6.56. The van der Waals surface area contributed by atoms with E-state index in [1.165, 1.54) is 31.5 Å². The standard InChI is InChI=1S/C18H26N4O2/c1-4-18(23)22(12-16-15(10-19)11-20-21(16)2)13-17(24-3)14-8-6-5-7-9-14/h4,11,14,17H,1,5-9,12-13H2,2-3H3. The molecule has 1 unspecified atom stereocenters. The number of amides is 1. The zero-order valence-electron chi connectivity index (χ0n) is 14.6. The van der Waals surface area contributed by atoms with Crippen LogP contribution in [0.25, 0.3) is 0 Å². The third kappa shape index (κ3) is 4.24. The van der Waals surface area contributed by atoms with Crippen LogP contribution in [-0.2, 0) is 23.1 Å². The number of nitrogens with zero attached hydrogens (tertiary/aromatic N) is 4. The van der Waals surface area contributed by atoms with Crippen LogP contribution in [0.1, 0.15) is 43.4 Å². The quantitative estimate of drug-likeness (QED) is 0.720. The van der Waals surface area contributed by atoms with Gasteiger partial charge in [0.25, 0.3) is 0 Å². The van der Waals surface area contributed by atoms with Crippen molar-refractivity contribution in [2.24, 2.45) is 13.0 Å². The minimum Gasteiger partial charge on any atom is -0.379 e. The highest BCUT2D eigenvalue weighted by molar-refractivity contribution is 5.87. The summed E-state index contributed by atoms with van der Waals surface area (Å²) < 4.78 is 7.35. The topological polar surface area (TPSA) is 71.2 Å². The number of rotatable bonds is 7. The van der Waals surface area contributed by atoms with E-state index in [4.69, 9.17) is 4.74 Å². The van der Waals surface area contributed by atoms with Crippen molar-refractivity contribution in [3.05, 3.63) is 30.1 Å². The highest BCUT2D eigenvalue weighted by atomic mass is 16.5. The van der Waals surface area contributed by atoms with Crippen molar-refractivity contribution in [2.45, 2.75) is 44.8 Å². The van der Waals surface area contributed by atoms with Crippen molar-refractivity contribution >= 4 is 5.91 Å². The number of hydrogen-bond donors (Lipinski definition) is 0. The SMILES string of the molecule is C=CC(=O)N(Cc1c(C#N)cnn1C)CC(OC)C1CCCCC1. The van der Waals surface area contributed by atoms with Crippen LogP contribution in [0.2, 0.25) is 0 Å². The Bertz CT molecular complexity index is 611. The van der Waals surface area contributed by atoms with Gasteiger partial charge in [-0.15, -0.1) is 0 Å². The molecule has 1 aliphatic carbocycles. The number of methoxy groups -OCH3 is 1. The van der Waals surface area contributed by atoms with Crippen LogP contribution in [0.4, 0.5) is 0 Å². The lowest BCUT2D eigenvalue weighted by Crippen LogP contribution is -2.41. The van der Waals surface area contributed by atoms with Crippen molar-refractivity contribution in [2.75, 3.05) is 13.7 Å². The largest absolute Gasteiger partial charge is 0.379 e. The fraction of sp³-hybridized carbons (Fsp3) is 0.611. The van der Waals surface area contributed by atoms with Crippen LogP contribution in [0.3, 0.4) is 0 Å². The fourth-order valence-corrected chi connectivity index (χ4v) is 3.43. The molecule has 130 valence electrons. The normalized spacial score (nSPS) is 16.4. The third-order valence-electron chi connectivity index (χ3n) is 4.89. The van der Waals surface area contributed by atoms with Crippen LogP contribution in [0, 0.1) is 17.2 Å². The van der Waals surface area contributed by atoms with E-state index in [2.05, 4.69) is 17.7 Å². The number of aromatic nitrogens is 2. The Morgan fingerprint density at radius 2 is 2.29 bits per heavy atom. The summed E-state index contributed by atoms with van der Waals surface area (Å²) >= 11 is 0. The molecule has 1 amide bonds. The second kappa shape index (κ2) is 8.65. The first-order valence-corrected chi connectivity index (χ1v) is 8.45. The average molecular weight is 330 g/mol. The van der Waals surface area contributed by atoms with E-state index in [0.29, 0.717) is 24.6 Å². The Balaban J connectivity index is 2.15. The fourth-order valence-electron chi connectivity index (χ4n) is 3.43. The molecule has 0 radical (unpaired) electrons. The van der Waals surface area contributed by atoms with Gasteiger partial charge in [-0.1, -0.05) is 25.8 Å². The molecule has 2 rings (SSSR count). The smallest absolute Gasteiger partial charge is 0.246 e. The van der Waals surface area contributed by atoms with Crippen molar-refractivity contribution in [3.8, 4) is 6.07 Å². The van der Waals surface area contributed by atoms with Gasteiger partial charge in [-0.25, -0.2) is 0 Å². The van der Waals surface area contributed by atoms with Crippen molar-refractivity contribution in [1.82, 2.24) is 14.7 Å². The molecule has 0 N–H and O–H groups in total. The van der Waals surface area contributed by atoms with E-state index in [1.807, 2.05) is 0 Å².